The highest BCUT2D eigenvalue weighted by molar-refractivity contribution is 5.95. The van der Waals surface area contributed by atoms with Crippen molar-refractivity contribution in [2.45, 2.75) is 76.9 Å². The van der Waals surface area contributed by atoms with Crippen molar-refractivity contribution in [3.8, 4) is 11.5 Å². The van der Waals surface area contributed by atoms with Crippen LogP contribution in [0.25, 0.3) is 11.5 Å². The fourth-order valence-electron chi connectivity index (χ4n) is 5.33. The summed E-state index contributed by atoms with van der Waals surface area (Å²) in [7, 11) is 0. The number of nitrogens with one attached hydrogen (secondary N) is 2. The van der Waals surface area contributed by atoms with Gasteiger partial charge in [0.2, 0.25) is 11.8 Å². The van der Waals surface area contributed by atoms with E-state index >= 15 is 0 Å². The number of hydrogen-bond acceptors (Lipinski definition) is 11. The summed E-state index contributed by atoms with van der Waals surface area (Å²) in [4.78, 5) is 21.5. The van der Waals surface area contributed by atoms with Gasteiger partial charge in [-0.2, -0.15) is 4.98 Å². The normalized spacial score (nSPS) is 14.2. The smallest absolute Gasteiger partial charge is 0.339 e. The maximum absolute atomic E-state index is 12.2. The number of esters is 1. The molecule has 3 heterocycles. The molecule has 4 aromatic rings. The van der Waals surface area contributed by atoms with Crippen LogP contribution in [-0.4, -0.2) is 44.4 Å². The van der Waals surface area contributed by atoms with Gasteiger partial charge in [0.25, 0.3) is 5.89 Å². The van der Waals surface area contributed by atoms with E-state index in [9.17, 15) is 9.90 Å². The van der Waals surface area contributed by atoms with Crippen molar-refractivity contribution in [3.63, 3.8) is 0 Å². The summed E-state index contributed by atoms with van der Waals surface area (Å²) in [5.41, 5.74) is 8.30. The monoisotopic (exact) mass is 599 g/mol. The number of aliphatic hydroxyl groups is 1. The Bertz CT molecular complexity index is 1540. The van der Waals surface area contributed by atoms with E-state index in [4.69, 9.17) is 19.9 Å². The number of nitrogens with two attached hydrogens (primary N) is 1. The molecule has 1 aliphatic heterocycles. The first-order chi connectivity index (χ1) is 21.4. The molecule has 0 saturated heterocycles. The second-order valence-corrected chi connectivity index (χ2v) is 11.5. The number of rotatable bonds is 16. The third-order valence-corrected chi connectivity index (χ3v) is 7.77. The average molecular weight is 600 g/mol. The van der Waals surface area contributed by atoms with Crippen LogP contribution >= 0.6 is 0 Å². The standard InChI is InChI=1S/C33H41N7O4/c1-33(2)26-19-23(16-17-24(26)31(42)44-33)36-32-35-20-25(29(38-32)37-27(21-41)22-13-9-8-10-14-22)30-40-39-28(43-30)15-11-6-4-3-5-7-12-18-34/h8-10,13-14,16-17,19-20,27,41H,3-7,11-12,15,18,21,34H2,1-2H3,(H2,35,36,37,38)/t27-/m1/s1. The second kappa shape index (κ2) is 14.4. The van der Waals surface area contributed by atoms with Gasteiger partial charge in [0.15, 0.2) is 0 Å². The predicted molar refractivity (Wildman–Crippen MR) is 168 cm³/mol. The summed E-state index contributed by atoms with van der Waals surface area (Å²) in [6, 6.07) is 14.6. The van der Waals surface area contributed by atoms with Gasteiger partial charge in [0.1, 0.15) is 11.4 Å². The molecule has 0 unspecified atom stereocenters. The van der Waals surface area contributed by atoms with Crippen molar-refractivity contribution in [1.82, 2.24) is 20.2 Å². The fraction of sp³-hybridized carbons (Fsp3) is 0.424. The number of ether oxygens (including phenoxy) is 1. The summed E-state index contributed by atoms with van der Waals surface area (Å²) in [5.74, 6) is 1.27. The van der Waals surface area contributed by atoms with Gasteiger partial charge in [0, 0.05) is 23.9 Å². The molecule has 0 amide bonds. The topological polar surface area (TPSA) is 161 Å². The molecule has 44 heavy (non-hydrogen) atoms. The molecule has 0 radical (unpaired) electrons. The zero-order valence-electron chi connectivity index (χ0n) is 25.4. The van der Waals surface area contributed by atoms with E-state index in [1.54, 1.807) is 18.3 Å². The number of aromatic nitrogens is 4. The first-order valence-electron chi connectivity index (χ1n) is 15.3. The predicted octanol–water partition coefficient (Wildman–Crippen LogP) is 6.05. The third kappa shape index (κ3) is 7.59. The third-order valence-electron chi connectivity index (χ3n) is 7.77. The number of hydrogen-bond donors (Lipinski definition) is 4. The van der Waals surface area contributed by atoms with E-state index in [-0.39, 0.29) is 12.6 Å². The van der Waals surface area contributed by atoms with E-state index in [0.717, 1.165) is 36.9 Å². The highest BCUT2D eigenvalue weighted by Crippen LogP contribution is 2.38. The number of carbonyl (C=O) groups is 1. The van der Waals surface area contributed by atoms with Crippen molar-refractivity contribution >= 4 is 23.4 Å². The van der Waals surface area contributed by atoms with Gasteiger partial charge in [-0.15, -0.1) is 10.2 Å². The Morgan fingerprint density at radius 2 is 1.70 bits per heavy atom. The minimum atomic E-state index is -0.730. The van der Waals surface area contributed by atoms with Crippen LogP contribution in [0.15, 0.2) is 59.1 Å². The number of cyclic esters (lactones) is 1. The molecule has 11 nitrogen and oxygen atoms in total. The second-order valence-electron chi connectivity index (χ2n) is 11.5. The van der Waals surface area contributed by atoms with Crippen LogP contribution in [0.1, 0.15) is 92.2 Å². The van der Waals surface area contributed by atoms with Gasteiger partial charge in [-0.1, -0.05) is 62.4 Å². The van der Waals surface area contributed by atoms with E-state index in [0.29, 0.717) is 46.8 Å². The summed E-state index contributed by atoms with van der Waals surface area (Å²) < 4.78 is 11.6. The van der Waals surface area contributed by atoms with Gasteiger partial charge >= 0.3 is 5.97 Å². The summed E-state index contributed by atoms with van der Waals surface area (Å²) in [6.07, 6.45) is 10.3. The summed E-state index contributed by atoms with van der Waals surface area (Å²) >= 11 is 0. The number of carbonyl (C=O) groups excluding carboxylic acids is 1. The highest BCUT2D eigenvalue weighted by Gasteiger charge is 2.37. The van der Waals surface area contributed by atoms with Crippen LogP contribution in [0.3, 0.4) is 0 Å². The lowest BCUT2D eigenvalue weighted by Gasteiger charge is -2.20. The van der Waals surface area contributed by atoms with Crippen molar-refractivity contribution in [2.75, 3.05) is 23.8 Å². The molecule has 2 aromatic heterocycles. The molecule has 0 spiro atoms. The molecule has 1 aliphatic rings. The molecule has 232 valence electrons. The van der Waals surface area contributed by atoms with E-state index < -0.39 is 11.6 Å². The van der Waals surface area contributed by atoms with E-state index in [1.807, 2.05) is 50.2 Å². The minimum Gasteiger partial charge on any atom is -0.451 e. The van der Waals surface area contributed by atoms with Crippen LogP contribution in [0.4, 0.5) is 17.5 Å². The first-order valence-corrected chi connectivity index (χ1v) is 15.3. The Labute approximate surface area is 257 Å². The largest absolute Gasteiger partial charge is 0.451 e. The van der Waals surface area contributed by atoms with Crippen molar-refractivity contribution in [2.24, 2.45) is 5.73 Å². The molecule has 0 saturated carbocycles. The molecular formula is C33H41N7O4. The van der Waals surface area contributed by atoms with E-state index in [1.165, 1.54) is 25.7 Å². The number of aryl methyl sites for hydroxylation is 1. The molecule has 1 atom stereocenters. The lowest BCUT2D eigenvalue weighted by atomic mass is 9.95. The molecule has 5 N–H and O–H groups in total. The van der Waals surface area contributed by atoms with Crippen LogP contribution in [0, 0.1) is 0 Å². The maximum atomic E-state index is 12.2. The summed E-state index contributed by atoms with van der Waals surface area (Å²) in [6.45, 7) is 4.32. The number of benzene rings is 2. The highest BCUT2D eigenvalue weighted by atomic mass is 16.6. The lowest BCUT2D eigenvalue weighted by Crippen LogP contribution is -2.17. The van der Waals surface area contributed by atoms with Gasteiger partial charge in [-0.3, -0.25) is 0 Å². The number of anilines is 3. The zero-order chi connectivity index (χ0) is 30.9. The Balaban J connectivity index is 1.34. The van der Waals surface area contributed by atoms with Gasteiger partial charge in [-0.05, 0) is 57.0 Å². The average Bonchev–Trinajstić information content (AvgIpc) is 3.58. The molecule has 0 bridgehead atoms. The lowest BCUT2D eigenvalue weighted by molar-refractivity contribution is 0.00954. The molecule has 2 aromatic carbocycles. The number of unbranched alkanes of at least 4 members (excludes halogenated alkanes) is 6. The maximum Gasteiger partial charge on any atom is 0.339 e. The van der Waals surface area contributed by atoms with E-state index in [2.05, 4.69) is 25.8 Å². The van der Waals surface area contributed by atoms with Gasteiger partial charge in [0.05, 0.1) is 23.8 Å². The number of aliphatic hydroxyl groups excluding tert-OH is 1. The van der Waals surface area contributed by atoms with Crippen LogP contribution < -0.4 is 16.4 Å². The Morgan fingerprint density at radius 1 is 0.955 bits per heavy atom. The zero-order valence-corrected chi connectivity index (χ0v) is 25.4. The van der Waals surface area contributed by atoms with Crippen LogP contribution in [-0.2, 0) is 16.8 Å². The van der Waals surface area contributed by atoms with Crippen LogP contribution in [0.5, 0.6) is 0 Å². The molecule has 5 rings (SSSR count). The van der Waals surface area contributed by atoms with Gasteiger partial charge < -0.3 is 30.6 Å². The molecule has 0 fully saturated rings. The SMILES string of the molecule is CC1(C)OC(=O)c2ccc(Nc3ncc(-c4nnc(CCCCCCCCCN)o4)c(N[C@H](CO)c4ccccc4)n3)cc21. The molecule has 0 aliphatic carbocycles. The number of fused-ring (bicyclic) bond motifs is 1. The first kappa shape index (κ1) is 31.1. The molecule has 11 heteroatoms. The van der Waals surface area contributed by atoms with Gasteiger partial charge in [-0.25, -0.2) is 9.78 Å². The quantitative estimate of drug-likeness (QED) is 0.0876. The Hall–Kier alpha value is -4.35. The van der Waals surface area contributed by atoms with Crippen LogP contribution in [0.2, 0.25) is 0 Å². The Morgan fingerprint density at radius 3 is 2.45 bits per heavy atom. The minimum absolute atomic E-state index is 0.161. The van der Waals surface area contributed by atoms with Crippen molar-refractivity contribution in [3.05, 3.63) is 77.3 Å². The van der Waals surface area contributed by atoms with Crippen molar-refractivity contribution < 1.29 is 19.1 Å². The number of nitrogens with zero attached hydrogens (tertiary/aromatic N) is 4. The fourth-order valence-corrected chi connectivity index (χ4v) is 5.33. The Kier molecular flexibility index (Phi) is 10.2. The van der Waals surface area contributed by atoms with Crippen molar-refractivity contribution in [1.29, 1.82) is 0 Å². The summed E-state index contributed by atoms with van der Waals surface area (Å²) in [5, 5.41) is 25.4. The molecular weight excluding hydrogens is 558 g/mol.